The van der Waals surface area contributed by atoms with Crippen molar-refractivity contribution in [1.29, 1.82) is 0 Å². The summed E-state index contributed by atoms with van der Waals surface area (Å²) in [6.45, 7) is 0.893. The van der Waals surface area contributed by atoms with E-state index < -0.39 is 4.92 Å². The van der Waals surface area contributed by atoms with Crippen LogP contribution in [0.4, 0.5) is 16.2 Å². The predicted octanol–water partition coefficient (Wildman–Crippen LogP) is 2.13. The Morgan fingerprint density at radius 2 is 1.46 bits per heavy atom. The van der Waals surface area contributed by atoms with Crippen LogP contribution in [-0.4, -0.2) is 58.7 Å². The zero-order valence-corrected chi connectivity index (χ0v) is 14.8. The Morgan fingerprint density at radius 3 is 2.11 bits per heavy atom. The molecule has 0 N–H and O–H groups in total. The molecule has 0 aliphatic carbocycles. The lowest BCUT2D eigenvalue weighted by Gasteiger charge is -2.21. The summed E-state index contributed by atoms with van der Waals surface area (Å²) >= 11 is 0. The van der Waals surface area contributed by atoms with Crippen molar-refractivity contribution in [3.63, 3.8) is 0 Å². The summed E-state index contributed by atoms with van der Waals surface area (Å²) in [5.41, 5.74) is 0.822. The second-order valence-electron chi connectivity index (χ2n) is 6.47. The van der Waals surface area contributed by atoms with E-state index in [-0.39, 0.29) is 42.3 Å². The van der Waals surface area contributed by atoms with Crippen LogP contribution >= 0.6 is 0 Å². The molecule has 2 aliphatic rings. The van der Waals surface area contributed by atoms with Gasteiger partial charge in [0, 0.05) is 32.2 Å². The van der Waals surface area contributed by atoms with Crippen LogP contribution in [0.1, 0.15) is 20.7 Å². The number of hydrogen-bond donors (Lipinski definition) is 0. The lowest BCUT2D eigenvalue weighted by molar-refractivity contribution is -0.384. The van der Waals surface area contributed by atoms with Crippen molar-refractivity contribution < 1.29 is 19.3 Å². The van der Waals surface area contributed by atoms with E-state index in [1.165, 1.54) is 21.9 Å². The third-order valence-corrected chi connectivity index (χ3v) is 4.94. The number of fused-ring (bicyclic) bond motifs is 1. The Labute approximate surface area is 159 Å². The molecular weight excluding hydrogens is 364 g/mol. The van der Waals surface area contributed by atoms with E-state index in [0.29, 0.717) is 24.2 Å². The molecule has 9 heteroatoms. The lowest BCUT2D eigenvalue weighted by Crippen LogP contribution is -2.40. The number of carbonyl (C=O) groups is 3. The summed E-state index contributed by atoms with van der Waals surface area (Å²) in [6, 6.07) is 12.3. The topological polar surface area (TPSA) is 104 Å². The highest BCUT2D eigenvalue weighted by atomic mass is 16.6. The number of nitro groups is 1. The van der Waals surface area contributed by atoms with E-state index in [0.717, 1.165) is 4.90 Å². The zero-order chi connectivity index (χ0) is 19.8. The van der Waals surface area contributed by atoms with Gasteiger partial charge in [-0.15, -0.1) is 0 Å². The molecule has 2 aliphatic heterocycles. The number of nitro benzene ring substituents is 1. The van der Waals surface area contributed by atoms with Crippen LogP contribution in [0, 0.1) is 10.1 Å². The monoisotopic (exact) mass is 380 g/mol. The van der Waals surface area contributed by atoms with Crippen LogP contribution in [0.2, 0.25) is 0 Å². The molecule has 0 unspecified atom stereocenters. The molecule has 9 nitrogen and oxygen atoms in total. The van der Waals surface area contributed by atoms with Crippen molar-refractivity contribution in [3.05, 3.63) is 69.8 Å². The Balaban J connectivity index is 1.46. The molecule has 0 aromatic heterocycles. The fourth-order valence-electron chi connectivity index (χ4n) is 3.52. The van der Waals surface area contributed by atoms with Gasteiger partial charge in [0.05, 0.1) is 16.1 Å². The van der Waals surface area contributed by atoms with Gasteiger partial charge in [-0.1, -0.05) is 24.3 Å². The van der Waals surface area contributed by atoms with Gasteiger partial charge in [-0.05, 0) is 18.2 Å². The Kier molecular flexibility index (Phi) is 4.26. The molecule has 2 heterocycles. The summed E-state index contributed by atoms with van der Waals surface area (Å²) in [4.78, 5) is 52.2. The molecule has 28 heavy (non-hydrogen) atoms. The first-order valence-electron chi connectivity index (χ1n) is 8.74. The van der Waals surface area contributed by atoms with E-state index >= 15 is 0 Å². The predicted molar refractivity (Wildman–Crippen MR) is 99.2 cm³/mol. The summed E-state index contributed by atoms with van der Waals surface area (Å²) in [7, 11) is 0. The molecule has 2 aromatic carbocycles. The summed E-state index contributed by atoms with van der Waals surface area (Å²) < 4.78 is 0. The molecule has 1 fully saturated rings. The van der Waals surface area contributed by atoms with Gasteiger partial charge in [0.1, 0.15) is 5.69 Å². The van der Waals surface area contributed by atoms with Gasteiger partial charge < -0.3 is 4.90 Å². The molecule has 142 valence electrons. The Hall–Kier alpha value is -3.75. The van der Waals surface area contributed by atoms with Crippen molar-refractivity contribution in [2.24, 2.45) is 0 Å². The number of hydrogen-bond acceptors (Lipinski definition) is 5. The van der Waals surface area contributed by atoms with Crippen LogP contribution < -0.4 is 4.90 Å². The second kappa shape index (κ2) is 6.76. The number of amides is 4. The van der Waals surface area contributed by atoms with Gasteiger partial charge in [0.25, 0.3) is 17.5 Å². The molecule has 0 spiro atoms. The third-order valence-electron chi connectivity index (χ3n) is 4.94. The minimum Gasteiger partial charge on any atom is -0.321 e. The molecule has 0 radical (unpaired) electrons. The number of nitrogens with zero attached hydrogens (tertiary/aromatic N) is 4. The normalized spacial score (nSPS) is 16.1. The standard InChI is InChI=1S/C19H16N4O5/c24-17-13-5-1-2-6-14(13)18(25)22(17)12-10-20-9-11-21(19(20)26)15-7-3-4-8-16(15)23(27)28/h1-8H,9-12H2. The molecule has 0 atom stereocenters. The fraction of sp³-hybridized carbons (Fsp3) is 0.211. The summed E-state index contributed by atoms with van der Waals surface area (Å²) in [5.74, 6) is -0.745. The van der Waals surface area contributed by atoms with Crippen molar-refractivity contribution >= 4 is 29.2 Å². The quantitative estimate of drug-likeness (QED) is 0.449. The van der Waals surface area contributed by atoms with E-state index in [9.17, 15) is 24.5 Å². The maximum Gasteiger partial charge on any atom is 0.324 e. The van der Waals surface area contributed by atoms with Crippen LogP contribution in [0.5, 0.6) is 0 Å². The number of benzene rings is 2. The Bertz CT molecular complexity index is 970. The van der Waals surface area contributed by atoms with Crippen LogP contribution in [0.15, 0.2) is 48.5 Å². The molecule has 0 bridgehead atoms. The number of anilines is 1. The smallest absolute Gasteiger partial charge is 0.321 e. The van der Waals surface area contributed by atoms with Gasteiger partial charge in [-0.25, -0.2) is 4.79 Å². The molecular formula is C19H16N4O5. The van der Waals surface area contributed by atoms with Crippen molar-refractivity contribution in [3.8, 4) is 0 Å². The lowest BCUT2D eigenvalue weighted by atomic mass is 10.1. The minimum atomic E-state index is -0.524. The van der Waals surface area contributed by atoms with E-state index in [4.69, 9.17) is 0 Å². The highest BCUT2D eigenvalue weighted by Gasteiger charge is 2.37. The maximum atomic E-state index is 12.7. The third kappa shape index (κ3) is 2.77. The largest absolute Gasteiger partial charge is 0.324 e. The van der Waals surface area contributed by atoms with Crippen molar-refractivity contribution in [2.45, 2.75) is 0 Å². The van der Waals surface area contributed by atoms with Crippen molar-refractivity contribution in [1.82, 2.24) is 9.80 Å². The van der Waals surface area contributed by atoms with Gasteiger partial charge in [-0.3, -0.25) is 29.5 Å². The molecule has 0 saturated carbocycles. The molecule has 1 saturated heterocycles. The van der Waals surface area contributed by atoms with E-state index in [2.05, 4.69) is 0 Å². The second-order valence-corrected chi connectivity index (χ2v) is 6.47. The highest BCUT2D eigenvalue weighted by Crippen LogP contribution is 2.30. The summed E-state index contributed by atoms with van der Waals surface area (Å²) in [5, 5.41) is 11.2. The number of rotatable bonds is 5. The number of urea groups is 1. The first kappa shape index (κ1) is 17.7. The van der Waals surface area contributed by atoms with Gasteiger partial charge in [-0.2, -0.15) is 0 Å². The van der Waals surface area contributed by atoms with E-state index in [1.807, 2.05) is 0 Å². The van der Waals surface area contributed by atoms with Crippen LogP contribution in [0.25, 0.3) is 0 Å². The molecule has 2 aromatic rings. The van der Waals surface area contributed by atoms with Crippen LogP contribution in [0.3, 0.4) is 0 Å². The summed E-state index contributed by atoms with van der Waals surface area (Å²) in [6.07, 6.45) is 0. The van der Waals surface area contributed by atoms with E-state index in [1.54, 1.807) is 36.4 Å². The number of para-hydroxylation sites is 2. The van der Waals surface area contributed by atoms with Gasteiger partial charge >= 0.3 is 6.03 Å². The zero-order valence-electron chi connectivity index (χ0n) is 14.8. The molecule has 4 rings (SSSR count). The molecule has 4 amide bonds. The fourth-order valence-corrected chi connectivity index (χ4v) is 3.52. The van der Waals surface area contributed by atoms with Crippen molar-refractivity contribution in [2.75, 3.05) is 31.1 Å². The van der Waals surface area contributed by atoms with Crippen LogP contribution in [-0.2, 0) is 0 Å². The first-order chi connectivity index (χ1) is 13.5. The first-order valence-corrected chi connectivity index (χ1v) is 8.74. The average molecular weight is 380 g/mol. The number of carbonyl (C=O) groups excluding carboxylic acids is 3. The average Bonchev–Trinajstić information content (AvgIpc) is 3.18. The SMILES string of the molecule is O=C1c2ccccc2C(=O)N1CCN1CCN(c2ccccc2[N+](=O)[O-])C1=O. The minimum absolute atomic E-state index is 0.0722. The number of imide groups is 1. The Morgan fingerprint density at radius 1 is 0.857 bits per heavy atom. The highest BCUT2D eigenvalue weighted by molar-refractivity contribution is 6.21. The van der Waals surface area contributed by atoms with Gasteiger partial charge in [0.2, 0.25) is 0 Å². The van der Waals surface area contributed by atoms with Gasteiger partial charge in [0.15, 0.2) is 0 Å². The maximum absolute atomic E-state index is 12.7.